The van der Waals surface area contributed by atoms with Gasteiger partial charge in [-0.25, -0.2) is 9.78 Å². The Morgan fingerprint density at radius 1 is 1.00 bits per heavy atom. The van der Waals surface area contributed by atoms with Crippen molar-refractivity contribution in [3.63, 3.8) is 0 Å². The maximum Gasteiger partial charge on any atom is 0.335 e. The number of nitrogens with zero attached hydrogens (tertiary/aromatic N) is 3. The molecule has 3 aromatic carbocycles. The molecule has 2 heterocycles. The molecule has 1 N–H and O–H groups in total. The van der Waals surface area contributed by atoms with Crippen molar-refractivity contribution in [3.05, 3.63) is 102 Å². The average Bonchev–Trinajstić information content (AvgIpc) is 3.47. The van der Waals surface area contributed by atoms with Crippen LogP contribution in [0.4, 0.5) is 0 Å². The molecule has 1 aliphatic rings. The number of oxazole rings is 1. The van der Waals surface area contributed by atoms with Crippen LogP contribution in [-0.4, -0.2) is 52.0 Å². The molecule has 1 unspecified atom stereocenters. The van der Waals surface area contributed by atoms with Gasteiger partial charge in [-0.3, -0.25) is 4.90 Å². The van der Waals surface area contributed by atoms with E-state index in [-0.39, 0.29) is 0 Å². The maximum absolute atomic E-state index is 11.1. The van der Waals surface area contributed by atoms with Crippen LogP contribution in [0.2, 0.25) is 0 Å². The van der Waals surface area contributed by atoms with Crippen molar-refractivity contribution in [2.75, 3.05) is 20.1 Å². The third-order valence-electron chi connectivity index (χ3n) is 7.00. The van der Waals surface area contributed by atoms with Gasteiger partial charge in [-0.05, 0) is 86.1 Å². The summed E-state index contributed by atoms with van der Waals surface area (Å²) < 4.78 is 11.4. The van der Waals surface area contributed by atoms with Crippen molar-refractivity contribution in [3.8, 4) is 23.0 Å². The SMILES string of the molecule is CN(Cc1ccc(C(=O)O)cc1)CC1CCCCN1Cc1ccc(Oc2ccc(-c3ncco3)cc2)cc1. The number of aromatic nitrogens is 1. The number of hydrogen-bond acceptors (Lipinski definition) is 6. The second-order valence-corrected chi connectivity index (χ2v) is 9.93. The van der Waals surface area contributed by atoms with Crippen LogP contribution < -0.4 is 4.74 Å². The Morgan fingerprint density at radius 3 is 2.34 bits per heavy atom. The molecule has 38 heavy (non-hydrogen) atoms. The fourth-order valence-electron chi connectivity index (χ4n) is 5.03. The van der Waals surface area contributed by atoms with Crippen LogP contribution in [0.1, 0.15) is 40.7 Å². The van der Waals surface area contributed by atoms with Crippen molar-refractivity contribution in [1.82, 2.24) is 14.8 Å². The van der Waals surface area contributed by atoms with E-state index in [0.29, 0.717) is 17.5 Å². The molecule has 0 spiro atoms. The van der Waals surface area contributed by atoms with Crippen LogP contribution >= 0.6 is 0 Å². The summed E-state index contributed by atoms with van der Waals surface area (Å²) in [6.45, 7) is 3.79. The number of likely N-dealkylation sites (tertiary alicyclic amines) is 1. The second kappa shape index (κ2) is 12.1. The summed E-state index contributed by atoms with van der Waals surface area (Å²) in [6.07, 6.45) is 6.87. The Hall–Kier alpha value is -3.94. The zero-order chi connectivity index (χ0) is 26.3. The molecule has 0 bridgehead atoms. The minimum Gasteiger partial charge on any atom is -0.478 e. The third kappa shape index (κ3) is 6.68. The molecule has 7 nitrogen and oxygen atoms in total. The molecule has 0 saturated carbocycles. The molecule has 0 radical (unpaired) electrons. The van der Waals surface area contributed by atoms with Crippen molar-refractivity contribution in [2.24, 2.45) is 0 Å². The predicted octanol–water partition coefficient (Wildman–Crippen LogP) is 6.32. The van der Waals surface area contributed by atoms with E-state index in [1.807, 2.05) is 48.5 Å². The largest absolute Gasteiger partial charge is 0.478 e. The summed E-state index contributed by atoms with van der Waals surface area (Å²) in [4.78, 5) is 20.2. The van der Waals surface area contributed by atoms with E-state index >= 15 is 0 Å². The fraction of sp³-hybridized carbons (Fsp3) is 0.290. The lowest BCUT2D eigenvalue weighted by Gasteiger charge is -2.38. The topological polar surface area (TPSA) is 79.0 Å². The first-order chi connectivity index (χ1) is 18.5. The van der Waals surface area contributed by atoms with Crippen molar-refractivity contribution in [2.45, 2.75) is 38.4 Å². The average molecular weight is 512 g/mol. The highest BCUT2D eigenvalue weighted by Crippen LogP contribution is 2.26. The number of carboxylic acids is 1. The molecule has 0 amide bonds. The normalized spacial score (nSPS) is 16.0. The van der Waals surface area contributed by atoms with Crippen molar-refractivity contribution >= 4 is 5.97 Å². The quantitative estimate of drug-likeness (QED) is 0.267. The molecule has 1 aromatic heterocycles. The van der Waals surface area contributed by atoms with Gasteiger partial charge in [0.1, 0.15) is 17.8 Å². The van der Waals surface area contributed by atoms with Gasteiger partial charge in [-0.1, -0.05) is 30.7 Å². The van der Waals surface area contributed by atoms with Crippen LogP contribution in [0, 0.1) is 0 Å². The van der Waals surface area contributed by atoms with Crippen LogP contribution in [-0.2, 0) is 13.1 Å². The van der Waals surface area contributed by atoms with Crippen LogP contribution in [0.3, 0.4) is 0 Å². The van der Waals surface area contributed by atoms with Gasteiger partial charge in [0.25, 0.3) is 0 Å². The van der Waals surface area contributed by atoms with Crippen molar-refractivity contribution < 1.29 is 19.1 Å². The lowest BCUT2D eigenvalue weighted by molar-refractivity contribution is 0.0697. The number of aromatic carboxylic acids is 1. The number of carbonyl (C=O) groups is 1. The predicted molar refractivity (Wildman–Crippen MR) is 146 cm³/mol. The first kappa shape index (κ1) is 25.7. The van der Waals surface area contributed by atoms with Crippen LogP contribution in [0.15, 0.2) is 89.7 Å². The van der Waals surface area contributed by atoms with E-state index in [1.54, 1.807) is 24.6 Å². The Balaban J connectivity index is 1.15. The zero-order valence-corrected chi connectivity index (χ0v) is 21.6. The zero-order valence-electron chi connectivity index (χ0n) is 21.6. The first-order valence-electron chi connectivity index (χ1n) is 13.0. The highest BCUT2D eigenvalue weighted by atomic mass is 16.5. The molecule has 1 aliphatic heterocycles. The first-order valence-corrected chi connectivity index (χ1v) is 13.0. The number of ether oxygens (including phenoxy) is 1. The number of carboxylic acid groups (broad SMARTS) is 1. The fourth-order valence-corrected chi connectivity index (χ4v) is 5.03. The number of likely N-dealkylation sites (N-methyl/N-ethyl adjacent to an activating group) is 1. The van der Waals surface area contributed by atoms with E-state index in [9.17, 15) is 4.79 Å². The van der Waals surface area contributed by atoms with Gasteiger partial charge in [0, 0.05) is 31.2 Å². The second-order valence-electron chi connectivity index (χ2n) is 9.93. The Bertz CT molecular complexity index is 1300. The van der Waals surface area contributed by atoms with Gasteiger partial charge in [0.2, 0.25) is 5.89 Å². The van der Waals surface area contributed by atoms with E-state index in [1.165, 1.54) is 24.8 Å². The maximum atomic E-state index is 11.1. The van der Waals surface area contributed by atoms with Gasteiger partial charge in [-0.15, -0.1) is 0 Å². The van der Waals surface area contributed by atoms with E-state index < -0.39 is 5.97 Å². The standard InChI is InChI=1S/C31H33N3O4/c1-33(20-23-5-9-26(10-6-23)31(35)36)22-27-4-2-3-18-34(27)21-24-7-13-28(14-8-24)38-29-15-11-25(12-16-29)30-32-17-19-37-30/h5-17,19,27H,2-4,18,20-22H2,1H3,(H,35,36). The van der Waals surface area contributed by atoms with Crippen LogP contribution in [0.25, 0.3) is 11.5 Å². The lowest BCUT2D eigenvalue weighted by Crippen LogP contribution is -2.45. The van der Waals surface area contributed by atoms with Gasteiger partial charge in [0.15, 0.2) is 0 Å². The lowest BCUT2D eigenvalue weighted by atomic mass is 10.0. The summed E-state index contributed by atoms with van der Waals surface area (Å²) >= 11 is 0. The molecule has 4 aromatic rings. The minimum atomic E-state index is -0.889. The van der Waals surface area contributed by atoms with E-state index in [0.717, 1.165) is 48.8 Å². The molecule has 7 heteroatoms. The molecular weight excluding hydrogens is 478 g/mol. The van der Waals surface area contributed by atoms with E-state index in [4.69, 9.17) is 14.3 Å². The number of rotatable bonds is 10. The Morgan fingerprint density at radius 2 is 1.68 bits per heavy atom. The number of piperidine rings is 1. The van der Waals surface area contributed by atoms with Gasteiger partial charge in [-0.2, -0.15) is 0 Å². The smallest absolute Gasteiger partial charge is 0.335 e. The summed E-state index contributed by atoms with van der Waals surface area (Å²) in [6, 6.07) is 23.7. The molecule has 1 saturated heterocycles. The molecule has 1 atom stereocenters. The monoisotopic (exact) mass is 511 g/mol. The number of benzene rings is 3. The van der Waals surface area contributed by atoms with Crippen LogP contribution in [0.5, 0.6) is 11.5 Å². The Kier molecular flexibility index (Phi) is 8.16. The van der Waals surface area contributed by atoms with E-state index in [2.05, 4.69) is 34.0 Å². The molecule has 0 aliphatic carbocycles. The molecule has 1 fully saturated rings. The van der Waals surface area contributed by atoms with Gasteiger partial charge < -0.3 is 19.2 Å². The number of hydrogen-bond donors (Lipinski definition) is 1. The molecule has 5 rings (SSSR count). The summed E-state index contributed by atoms with van der Waals surface area (Å²) in [5.41, 5.74) is 3.64. The summed E-state index contributed by atoms with van der Waals surface area (Å²) in [7, 11) is 2.14. The minimum absolute atomic E-state index is 0.326. The third-order valence-corrected chi connectivity index (χ3v) is 7.00. The highest BCUT2D eigenvalue weighted by molar-refractivity contribution is 5.87. The molecular formula is C31H33N3O4. The van der Waals surface area contributed by atoms with Gasteiger partial charge >= 0.3 is 5.97 Å². The van der Waals surface area contributed by atoms with Crippen molar-refractivity contribution in [1.29, 1.82) is 0 Å². The molecule has 196 valence electrons. The van der Waals surface area contributed by atoms with Gasteiger partial charge in [0.05, 0.1) is 11.8 Å². The summed E-state index contributed by atoms with van der Waals surface area (Å²) in [5, 5.41) is 9.12. The summed E-state index contributed by atoms with van der Waals surface area (Å²) in [5.74, 6) is 1.28. The Labute approximate surface area is 223 Å². The highest BCUT2D eigenvalue weighted by Gasteiger charge is 2.23.